The van der Waals surface area contributed by atoms with E-state index in [-0.39, 0.29) is 4.90 Å². The Kier molecular flexibility index (Phi) is 4.06. The van der Waals surface area contributed by atoms with Crippen LogP contribution < -0.4 is 4.90 Å². The van der Waals surface area contributed by atoms with Crippen LogP contribution in [0.3, 0.4) is 0 Å². The Morgan fingerprint density at radius 2 is 1.70 bits per heavy atom. The quantitative estimate of drug-likeness (QED) is 0.872. The second-order valence-electron chi connectivity index (χ2n) is 4.29. The van der Waals surface area contributed by atoms with E-state index in [1.54, 1.807) is 24.3 Å². The van der Waals surface area contributed by atoms with E-state index in [2.05, 4.69) is 3.97 Å². The molecule has 1 atom stereocenters. The summed E-state index contributed by atoms with van der Waals surface area (Å²) in [4.78, 5) is 10.4. The van der Waals surface area contributed by atoms with E-state index in [1.165, 1.54) is 6.07 Å². The third kappa shape index (κ3) is 2.81. The van der Waals surface area contributed by atoms with Gasteiger partial charge in [0.2, 0.25) is 0 Å². The van der Waals surface area contributed by atoms with Crippen molar-refractivity contribution >= 4 is 34.8 Å². The molecule has 2 rings (SSSR count). The summed E-state index contributed by atoms with van der Waals surface area (Å²) < 4.78 is 38.7. The van der Waals surface area contributed by atoms with Crippen LogP contribution in [0.2, 0.25) is 0 Å². The van der Waals surface area contributed by atoms with Crippen molar-refractivity contribution in [3.63, 3.8) is 0 Å². The van der Waals surface area contributed by atoms with Gasteiger partial charge in [-0.15, -0.1) is 4.89 Å². The second kappa shape index (κ2) is 5.46. The fourth-order valence-corrected chi connectivity index (χ4v) is 3.68. The van der Waals surface area contributed by atoms with Crippen molar-refractivity contribution in [2.45, 2.75) is 4.90 Å². The van der Waals surface area contributed by atoms with E-state index < -0.39 is 18.4 Å². The van der Waals surface area contributed by atoms with Gasteiger partial charge in [0.25, 0.3) is 0 Å². The van der Waals surface area contributed by atoms with Crippen molar-refractivity contribution in [2.24, 2.45) is 0 Å². The molecule has 0 aromatic heterocycles. The third-order valence-corrected chi connectivity index (χ3v) is 4.96. The molecular formula is C12H13NO5PS+. The lowest BCUT2D eigenvalue weighted by Crippen LogP contribution is -2.09. The van der Waals surface area contributed by atoms with Crippen LogP contribution in [0.5, 0.6) is 0 Å². The fourth-order valence-electron chi connectivity index (χ4n) is 2.00. The lowest BCUT2D eigenvalue weighted by atomic mass is 10.1. The topological polar surface area (TPSA) is 83.9 Å². The summed E-state index contributed by atoms with van der Waals surface area (Å²) in [7, 11) is -3.83. The molecule has 2 aromatic rings. The first kappa shape index (κ1) is 14.9. The SMILES string of the molecule is CN(C)c1cccc2c(S(=O)(=O)O[P+](=O)O)cccc12. The third-order valence-electron chi connectivity index (χ3n) is 2.77. The molecule has 2 aromatic carbocycles. The molecule has 0 amide bonds. The Labute approximate surface area is 117 Å². The Morgan fingerprint density at radius 1 is 1.10 bits per heavy atom. The largest absolute Gasteiger partial charge is 0.712 e. The second-order valence-corrected chi connectivity index (χ2v) is 6.71. The summed E-state index contributed by atoms with van der Waals surface area (Å²) in [6, 6.07) is 9.89. The van der Waals surface area contributed by atoms with Gasteiger partial charge in [-0.3, -0.25) is 0 Å². The molecule has 0 saturated carbocycles. The zero-order valence-corrected chi connectivity index (χ0v) is 12.6. The zero-order chi connectivity index (χ0) is 14.9. The van der Waals surface area contributed by atoms with Gasteiger partial charge < -0.3 is 4.90 Å². The van der Waals surface area contributed by atoms with E-state index in [9.17, 15) is 13.0 Å². The molecule has 0 spiro atoms. The van der Waals surface area contributed by atoms with Crippen molar-refractivity contribution in [2.75, 3.05) is 19.0 Å². The van der Waals surface area contributed by atoms with Gasteiger partial charge in [-0.25, -0.2) is 0 Å². The number of nitrogens with zero attached hydrogens (tertiary/aromatic N) is 1. The molecule has 0 bridgehead atoms. The molecule has 106 valence electrons. The first-order valence-corrected chi connectivity index (χ1v) is 8.16. The molecule has 0 fully saturated rings. The van der Waals surface area contributed by atoms with Crippen LogP contribution in [-0.2, 0) is 18.7 Å². The van der Waals surface area contributed by atoms with Gasteiger partial charge in [-0.2, -0.15) is 8.42 Å². The Bertz CT molecular complexity index is 773. The molecule has 0 aliphatic heterocycles. The number of hydrogen-bond acceptors (Lipinski definition) is 5. The van der Waals surface area contributed by atoms with Gasteiger partial charge in [0.05, 0.1) is 0 Å². The van der Waals surface area contributed by atoms with Crippen molar-refractivity contribution in [3.05, 3.63) is 36.4 Å². The highest BCUT2D eigenvalue weighted by atomic mass is 32.2. The molecule has 1 N–H and O–H groups in total. The predicted molar refractivity (Wildman–Crippen MR) is 76.4 cm³/mol. The minimum atomic E-state index is -4.28. The van der Waals surface area contributed by atoms with Crippen LogP contribution in [0.1, 0.15) is 0 Å². The summed E-state index contributed by atoms with van der Waals surface area (Å²) in [6.07, 6.45) is 0. The Morgan fingerprint density at radius 3 is 2.30 bits per heavy atom. The summed E-state index contributed by atoms with van der Waals surface area (Å²) in [6.45, 7) is 0. The minimum Gasteiger partial charge on any atom is -0.377 e. The van der Waals surface area contributed by atoms with Crippen LogP contribution in [0, 0.1) is 0 Å². The monoisotopic (exact) mass is 314 g/mol. The molecule has 0 aliphatic rings. The standard InChI is InChI=1S/C12H12NO5PS/c1-13(2)11-7-3-6-10-9(11)5-4-8-12(10)20(16,17)18-19(14)15/h3-8H,1-2H3/p+1. The number of fused-ring (bicyclic) bond motifs is 1. The Balaban J connectivity index is 2.74. The van der Waals surface area contributed by atoms with Crippen LogP contribution in [0.25, 0.3) is 10.8 Å². The average Bonchev–Trinajstić information content (AvgIpc) is 2.35. The number of rotatable bonds is 4. The summed E-state index contributed by atoms with van der Waals surface area (Å²) in [5, 5.41) is 1.16. The molecule has 8 heteroatoms. The maximum atomic E-state index is 12.0. The smallest absolute Gasteiger partial charge is 0.377 e. The minimum absolute atomic E-state index is 0.129. The molecule has 0 heterocycles. The van der Waals surface area contributed by atoms with Crippen LogP contribution in [0.15, 0.2) is 41.3 Å². The molecule has 20 heavy (non-hydrogen) atoms. The highest BCUT2D eigenvalue weighted by molar-refractivity contribution is 7.89. The highest BCUT2D eigenvalue weighted by Gasteiger charge is 2.30. The molecule has 1 unspecified atom stereocenters. The van der Waals surface area contributed by atoms with Crippen LogP contribution >= 0.6 is 8.25 Å². The fraction of sp³-hybridized carbons (Fsp3) is 0.167. The van der Waals surface area contributed by atoms with Crippen LogP contribution in [0.4, 0.5) is 5.69 Å². The normalized spacial score (nSPS) is 12.4. The first-order valence-electron chi connectivity index (χ1n) is 5.63. The highest BCUT2D eigenvalue weighted by Crippen LogP contribution is 2.33. The van der Waals surface area contributed by atoms with Gasteiger partial charge in [0, 0.05) is 39.1 Å². The van der Waals surface area contributed by atoms with E-state index in [4.69, 9.17) is 4.89 Å². The van der Waals surface area contributed by atoms with Crippen molar-refractivity contribution in [3.8, 4) is 0 Å². The van der Waals surface area contributed by atoms with Crippen molar-refractivity contribution in [1.29, 1.82) is 0 Å². The molecular weight excluding hydrogens is 301 g/mol. The van der Waals surface area contributed by atoms with E-state index >= 15 is 0 Å². The number of anilines is 1. The molecule has 0 radical (unpaired) electrons. The van der Waals surface area contributed by atoms with Crippen molar-refractivity contribution in [1.82, 2.24) is 0 Å². The Hall–Kier alpha value is -1.53. The van der Waals surface area contributed by atoms with Crippen molar-refractivity contribution < 1.29 is 21.8 Å². The average molecular weight is 314 g/mol. The van der Waals surface area contributed by atoms with Crippen LogP contribution in [-0.4, -0.2) is 27.4 Å². The summed E-state index contributed by atoms with van der Waals surface area (Å²) >= 11 is 0. The van der Waals surface area contributed by atoms with Gasteiger partial charge in [-0.1, -0.05) is 24.3 Å². The van der Waals surface area contributed by atoms with Gasteiger partial charge >= 0.3 is 18.4 Å². The van der Waals surface area contributed by atoms with E-state index in [0.717, 1.165) is 11.1 Å². The number of benzene rings is 2. The first-order chi connectivity index (χ1) is 9.33. The number of hydrogen-bond donors (Lipinski definition) is 1. The van der Waals surface area contributed by atoms with Gasteiger partial charge in [0.1, 0.15) is 4.90 Å². The van der Waals surface area contributed by atoms with E-state index in [0.29, 0.717) is 5.39 Å². The molecule has 0 aliphatic carbocycles. The van der Waals surface area contributed by atoms with Gasteiger partial charge in [0.15, 0.2) is 0 Å². The van der Waals surface area contributed by atoms with Gasteiger partial charge in [-0.05, 0) is 12.1 Å². The maximum Gasteiger partial charge on any atom is 0.712 e. The predicted octanol–water partition coefficient (Wildman–Crippen LogP) is 2.26. The van der Waals surface area contributed by atoms with E-state index in [1.807, 2.05) is 25.1 Å². The lowest BCUT2D eigenvalue weighted by Gasteiger charge is -2.16. The molecule has 0 saturated heterocycles. The summed E-state index contributed by atoms with van der Waals surface area (Å²) in [5.41, 5.74) is 0.841. The lowest BCUT2D eigenvalue weighted by molar-refractivity contribution is 0.405. The summed E-state index contributed by atoms with van der Waals surface area (Å²) in [5.74, 6) is 0. The zero-order valence-electron chi connectivity index (χ0n) is 10.8. The molecule has 6 nitrogen and oxygen atoms in total. The maximum absolute atomic E-state index is 12.0.